The van der Waals surface area contributed by atoms with E-state index in [9.17, 15) is 4.39 Å². The zero-order valence-corrected chi connectivity index (χ0v) is 6.41. The molecule has 0 fully saturated rings. The summed E-state index contributed by atoms with van der Waals surface area (Å²) in [4.78, 5) is 0.859. The largest absolute Gasteiger partial charge is 0.207 e. The van der Waals surface area contributed by atoms with Gasteiger partial charge in [0.25, 0.3) is 0 Å². The molecule has 0 aromatic heterocycles. The van der Waals surface area contributed by atoms with Gasteiger partial charge in [0, 0.05) is 4.90 Å². The lowest BCUT2D eigenvalue weighted by atomic mass is 9.97. The molecule has 10 heavy (non-hydrogen) atoms. The van der Waals surface area contributed by atoms with Gasteiger partial charge in [-0.15, -0.1) is 11.8 Å². The molecular weight excluding hydrogens is 146 g/mol. The molecule has 0 aliphatic rings. The van der Waals surface area contributed by atoms with Crippen LogP contribution in [-0.2, 0) is 0 Å². The Kier molecular flexibility index (Phi) is 2.38. The van der Waals surface area contributed by atoms with Crippen LogP contribution in [0.1, 0.15) is 0 Å². The minimum absolute atomic E-state index is 0.274. The van der Waals surface area contributed by atoms with Crippen molar-refractivity contribution in [2.45, 2.75) is 4.90 Å². The van der Waals surface area contributed by atoms with Gasteiger partial charge < -0.3 is 0 Å². The maximum Gasteiger partial charge on any atom is 0.123 e. The van der Waals surface area contributed by atoms with E-state index in [1.54, 1.807) is 6.07 Å². The zero-order chi connectivity index (χ0) is 7.56. The van der Waals surface area contributed by atoms with E-state index < -0.39 is 0 Å². The molecule has 0 atom stereocenters. The van der Waals surface area contributed by atoms with Crippen molar-refractivity contribution in [2.75, 3.05) is 6.26 Å². The summed E-state index contributed by atoms with van der Waals surface area (Å²) in [5, 5.41) is 0. The molecule has 0 saturated carbocycles. The second-order valence-electron chi connectivity index (χ2n) is 1.92. The third-order valence-electron chi connectivity index (χ3n) is 1.13. The van der Waals surface area contributed by atoms with E-state index in [0.717, 1.165) is 4.90 Å². The van der Waals surface area contributed by atoms with Crippen molar-refractivity contribution < 1.29 is 4.39 Å². The summed E-state index contributed by atoms with van der Waals surface area (Å²) < 4.78 is 12.5. The van der Waals surface area contributed by atoms with Crippen LogP contribution in [0.15, 0.2) is 23.1 Å². The Hall–Kier alpha value is -0.435. The second kappa shape index (κ2) is 3.10. The molecule has 0 saturated heterocycles. The van der Waals surface area contributed by atoms with Gasteiger partial charge in [-0.2, -0.15) is 0 Å². The molecule has 0 bridgehead atoms. The van der Waals surface area contributed by atoms with Gasteiger partial charge in [-0.1, -0.05) is 11.5 Å². The van der Waals surface area contributed by atoms with E-state index in [4.69, 9.17) is 7.85 Å². The monoisotopic (exact) mass is 152 g/mol. The smallest absolute Gasteiger partial charge is 0.123 e. The van der Waals surface area contributed by atoms with Crippen LogP contribution in [-0.4, -0.2) is 14.1 Å². The van der Waals surface area contributed by atoms with Crippen molar-refractivity contribution >= 4 is 25.1 Å². The molecule has 3 heteroatoms. The van der Waals surface area contributed by atoms with Crippen molar-refractivity contribution in [3.63, 3.8) is 0 Å². The molecule has 0 aliphatic heterocycles. The van der Waals surface area contributed by atoms with E-state index >= 15 is 0 Å². The fraction of sp³-hybridized carbons (Fsp3) is 0.143. The minimum atomic E-state index is -0.274. The molecule has 50 valence electrons. The standard InChI is InChI=1S/C7H6BFS/c1-10-7-3-5(8)2-6(9)4-7/h2-4H,1H3. The Bertz CT molecular complexity index is 217. The van der Waals surface area contributed by atoms with Crippen LogP contribution in [0.3, 0.4) is 0 Å². The first kappa shape index (κ1) is 7.67. The first-order chi connectivity index (χ1) is 4.72. The molecule has 1 rings (SSSR count). The van der Waals surface area contributed by atoms with Crippen molar-refractivity contribution in [3.05, 3.63) is 24.0 Å². The van der Waals surface area contributed by atoms with Crippen LogP contribution in [0.25, 0.3) is 0 Å². The van der Waals surface area contributed by atoms with Crippen LogP contribution in [0.4, 0.5) is 4.39 Å². The van der Waals surface area contributed by atoms with Gasteiger partial charge in [0.2, 0.25) is 0 Å². The first-order valence-corrected chi connectivity index (χ1v) is 4.05. The summed E-state index contributed by atoms with van der Waals surface area (Å²) in [6, 6.07) is 4.51. The van der Waals surface area contributed by atoms with Gasteiger partial charge in [0.1, 0.15) is 13.7 Å². The third kappa shape index (κ3) is 1.77. The highest BCUT2D eigenvalue weighted by Gasteiger charge is 1.94. The number of benzene rings is 1. The normalized spacial score (nSPS) is 9.80. The molecule has 0 spiro atoms. The summed E-state index contributed by atoms with van der Waals surface area (Å²) in [6.45, 7) is 0. The molecule has 0 unspecified atom stereocenters. The van der Waals surface area contributed by atoms with E-state index in [1.807, 2.05) is 6.26 Å². The lowest BCUT2D eigenvalue weighted by Crippen LogP contribution is -2.02. The predicted octanol–water partition coefficient (Wildman–Crippen LogP) is 1.34. The van der Waals surface area contributed by atoms with E-state index in [2.05, 4.69) is 0 Å². The first-order valence-electron chi connectivity index (χ1n) is 2.82. The average molecular weight is 152 g/mol. The molecule has 1 aromatic carbocycles. The quantitative estimate of drug-likeness (QED) is 0.432. The molecule has 0 aliphatic carbocycles. The van der Waals surface area contributed by atoms with Crippen LogP contribution in [0, 0.1) is 5.82 Å². The van der Waals surface area contributed by atoms with Crippen LogP contribution in [0.2, 0.25) is 0 Å². The van der Waals surface area contributed by atoms with E-state index in [0.29, 0.717) is 5.46 Å². The summed E-state index contributed by atoms with van der Waals surface area (Å²) in [7, 11) is 5.38. The molecule has 0 amide bonds. The topological polar surface area (TPSA) is 0 Å². The Morgan fingerprint density at radius 3 is 2.60 bits per heavy atom. The van der Waals surface area contributed by atoms with Gasteiger partial charge >= 0.3 is 0 Å². The van der Waals surface area contributed by atoms with Gasteiger partial charge in [0.15, 0.2) is 0 Å². The Morgan fingerprint density at radius 1 is 1.40 bits per heavy atom. The van der Waals surface area contributed by atoms with Gasteiger partial charge in [0.05, 0.1) is 0 Å². The maximum absolute atomic E-state index is 12.5. The van der Waals surface area contributed by atoms with Crippen LogP contribution in [0.5, 0.6) is 0 Å². The highest BCUT2D eigenvalue weighted by atomic mass is 32.2. The van der Waals surface area contributed by atoms with Gasteiger partial charge in [-0.05, 0) is 18.4 Å². The fourth-order valence-electron chi connectivity index (χ4n) is 0.702. The van der Waals surface area contributed by atoms with Gasteiger partial charge in [-0.3, -0.25) is 0 Å². The summed E-state index contributed by atoms with van der Waals surface area (Å²) in [5.41, 5.74) is 0.476. The van der Waals surface area contributed by atoms with E-state index in [-0.39, 0.29) is 5.82 Å². The number of thioether (sulfide) groups is 1. The van der Waals surface area contributed by atoms with Gasteiger partial charge in [-0.25, -0.2) is 4.39 Å². The van der Waals surface area contributed by atoms with Crippen LogP contribution >= 0.6 is 11.8 Å². The Morgan fingerprint density at radius 2 is 2.10 bits per heavy atom. The number of halogens is 1. The highest BCUT2D eigenvalue weighted by Crippen LogP contribution is 2.13. The average Bonchev–Trinajstić information content (AvgIpc) is 1.85. The van der Waals surface area contributed by atoms with Crippen molar-refractivity contribution in [2.24, 2.45) is 0 Å². The molecule has 0 nitrogen and oxygen atoms in total. The molecule has 0 N–H and O–H groups in total. The van der Waals surface area contributed by atoms with Crippen molar-refractivity contribution in [3.8, 4) is 0 Å². The fourth-order valence-corrected chi connectivity index (χ4v) is 1.19. The summed E-state index contributed by atoms with van der Waals surface area (Å²) >= 11 is 1.48. The molecule has 0 heterocycles. The zero-order valence-electron chi connectivity index (χ0n) is 5.60. The lowest BCUT2D eigenvalue weighted by molar-refractivity contribution is 0.625. The van der Waals surface area contributed by atoms with E-state index in [1.165, 1.54) is 23.9 Å². The lowest BCUT2D eigenvalue weighted by Gasteiger charge is -1.97. The third-order valence-corrected chi connectivity index (χ3v) is 1.84. The molecular formula is C7H6BFS. The maximum atomic E-state index is 12.5. The van der Waals surface area contributed by atoms with Crippen molar-refractivity contribution in [1.29, 1.82) is 0 Å². The minimum Gasteiger partial charge on any atom is -0.207 e. The molecule has 1 aromatic rings. The molecule has 2 radical (unpaired) electrons. The number of hydrogen-bond acceptors (Lipinski definition) is 1. The SMILES string of the molecule is [B]c1cc(F)cc(SC)c1. The summed E-state index contributed by atoms with van der Waals surface area (Å²) in [5.74, 6) is -0.274. The Labute approximate surface area is 65.2 Å². The summed E-state index contributed by atoms with van der Waals surface area (Å²) in [6.07, 6.45) is 1.88. The second-order valence-corrected chi connectivity index (χ2v) is 2.80. The predicted molar refractivity (Wildman–Crippen MR) is 43.6 cm³/mol. The van der Waals surface area contributed by atoms with Crippen LogP contribution < -0.4 is 5.46 Å². The Balaban J connectivity index is 3.06. The number of rotatable bonds is 1. The van der Waals surface area contributed by atoms with Crippen molar-refractivity contribution in [1.82, 2.24) is 0 Å². The highest BCUT2D eigenvalue weighted by molar-refractivity contribution is 7.98. The number of hydrogen-bond donors (Lipinski definition) is 0.